The van der Waals surface area contributed by atoms with Crippen molar-refractivity contribution >= 4 is 43.4 Å². The first kappa shape index (κ1) is 21.9. The van der Waals surface area contributed by atoms with Crippen LogP contribution in [0.3, 0.4) is 0 Å². The highest BCUT2D eigenvalue weighted by molar-refractivity contribution is 7.86. The van der Waals surface area contributed by atoms with Gasteiger partial charge in [0.05, 0.1) is 10.2 Å². The molecule has 9 heteroatoms. The molecule has 0 bridgehead atoms. The van der Waals surface area contributed by atoms with Crippen LogP contribution < -0.4 is 5.32 Å². The van der Waals surface area contributed by atoms with E-state index in [4.69, 9.17) is 4.98 Å². The van der Waals surface area contributed by atoms with Gasteiger partial charge in [-0.05, 0) is 61.7 Å². The van der Waals surface area contributed by atoms with E-state index in [1.807, 2.05) is 30.3 Å². The molecule has 0 saturated carbocycles. The summed E-state index contributed by atoms with van der Waals surface area (Å²) in [5.74, 6) is -0.258. The lowest BCUT2D eigenvalue weighted by molar-refractivity contribution is -0.120. The van der Waals surface area contributed by atoms with Crippen molar-refractivity contribution in [1.29, 1.82) is 0 Å². The fourth-order valence-corrected chi connectivity index (χ4v) is 5.88. The SMILES string of the molecule is Cc1ccc2nc(-c3ccc(NC(=O)C4CCN(S(=O)(=O)N(C)C)CC4)cc3)sc2c1. The van der Waals surface area contributed by atoms with Crippen LogP contribution in [-0.2, 0) is 15.0 Å². The molecule has 1 saturated heterocycles. The fourth-order valence-electron chi connectivity index (χ4n) is 3.68. The number of aryl methyl sites for hydroxylation is 1. The first-order valence-corrected chi connectivity index (χ1v) is 12.4. The Hall–Kier alpha value is -2.33. The van der Waals surface area contributed by atoms with E-state index in [0.29, 0.717) is 25.9 Å². The van der Waals surface area contributed by atoms with Crippen LogP contribution >= 0.6 is 11.3 Å². The summed E-state index contributed by atoms with van der Waals surface area (Å²) in [5, 5.41) is 3.92. The predicted molar refractivity (Wildman–Crippen MR) is 125 cm³/mol. The summed E-state index contributed by atoms with van der Waals surface area (Å²) in [6.07, 6.45) is 1.03. The number of hydrogen-bond donors (Lipinski definition) is 1. The van der Waals surface area contributed by atoms with Crippen molar-refractivity contribution in [3.05, 3.63) is 48.0 Å². The molecule has 0 atom stereocenters. The third-order valence-electron chi connectivity index (χ3n) is 5.56. The maximum Gasteiger partial charge on any atom is 0.281 e. The zero-order valence-corrected chi connectivity index (χ0v) is 19.5. The second kappa shape index (κ2) is 8.66. The summed E-state index contributed by atoms with van der Waals surface area (Å²) in [6.45, 7) is 2.78. The van der Waals surface area contributed by atoms with Gasteiger partial charge in [-0.2, -0.15) is 17.0 Å². The molecule has 1 aromatic heterocycles. The zero-order valence-electron chi connectivity index (χ0n) is 17.8. The number of amides is 1. The molecule has 164 valence electrons. The van der Waals surface area contributed by atoms with Crippen LogP contribution in [0.4, 0.5) is 5.69 Å². The molecule has 0 aliphatic carbocycles. The summed E-state index contributed by atoms with van der Waals surface area (Å²) in [5.41, 5.74) is 3.95. The van der Waals surface area contributed by atoms with Crippen LogP contribution in [0.5, 0.6) is 0 Å². The van der Waals surface area contributed by atoms with Gasteiger partial charge in [0.1, 0.15) is 5.01 Å². The van der Waals surface area contributed by atoms with Gasteiger partial charge in [-0.25, -0.2) is 4.98 Å². The van der Waals surface area contributed by atoms with Crippen molar-refractivity contribution in [2.24, 2.45) is 5.92 Å². The number of carbonyl (C=O) groups excluding carboxylic acids is 1. The van der Waals surface area contributed by atoms with Crippen molar-refractivity contribution < 1.29 is 13.2 Å². The number of nitrogens with zero attached hydrogens (tertiary/aromatic N) is 3. The number of aromatic nitrogens is 1. The van der Waals surface area contributed by atoms with Crippen LogP contribution in [0.25, 0.3) is 20.8 Å². The van der Waals surface area contributed by atoms with Gasteiger partial charge in [0.2, 0.25) is 5.91 Å². The van der Waals surface area contributed by atoms with Crippen molar-refractivity contribution in [2.45, 2.75) is 19.8 Å². The van der Waals surface area contributed by atoms with E-state index in [1.54, 1.807) is 11.3 Å². The highest BCUT2D eigenvalue weighted by atomic mass is 32.2. The standard InChI is InChI=1S/C22H26N4O3S2/c1-15-4-9-19-20(14-15)30-22(24-19)17-5-7-18(8-6-17)23-21(27)16-10-12-26(13-11-16)31(28,29)25(2)3/h4-9,14,16H,10-13H2,1-3H3,(H,23,27). The molecule has 2 aromatic carbocycles. The fraction of sp³-hybridized carbons (Fsp3) is 0.364. The van der Waals surface area contributed by atoms with Gasteiger partial charge in [-0.3, -0.25) is 4.79 Å². The van der Waals surface area contributed by atoms with E-state index in [9.17, 15) is 13.2 Å². The Labute approximate surface area is 186 Å². The molecule has 2 heterocycles. The van der Waals surface area contributed by atoms with Crippen molar-refractivity contribution in [2.75, 3.05) is 32.5 Å². The zero-order chi connectivity index (χ0) is 22.2. The smallest absolute Gasteiger partial charge is 0.281 e. The first-order chi connectivity index (χ1) is 14.7. The molecule has 1 aliphatic heterocycles. The van der Waals surface area contributed by atoms with Crippen molar-refractivity contribution in [1.82, 2.24) is 13.6 Å². The molecule has 0 radical (unpaired) electrons. The van der Waals surface area contributed by atoms with Crippen molar-refractivity contribution in [3.63, 3.8) is 0 Å². The largest absolute Gasteiger partial charge is 0.326 e. The molecule has 3 aromatic rings. The average molecular weight is 459 g/mol. The first-order valence-electron chi connectivity index (χ1n) is 10.2. The molecular formula is C22H26N4O3S2. The highest BCUT2D eigenvalue weighted by Crippen LogP contribution is 2.31. The average Bonchev–Trinajstić information content (AvgIpc) is 3.17. The number of fused-ring (bicyclic) bond motifs is 1. The summed E-state index contributed by atoms with van der Waals surface area (Å²) < 4.78 is 28.3. The van der Waals surface area contributed by atoms with E-state index in [1.165, 1.54) is 28.3 Å². The van der Waals surface area contributed by atoms with Gasteiger partial charge in [0.25, 0.3) is 10.2 Å². The van der Waals surface area contributed by atoms with Gasteiger partial charge in [-0.15, -0.1) is 11.3 Å². The second-order valence-corrected chi connectivity index (χ2v) is 11.2. The summed E-state index contributed by atoms with van der Waals surface area (Å²) in [4.78, 5) is 17.4. The topological polar surface area (TPSA) is 82.6 Å². The minimum Gasteiger partial charge on any atom is -0.326 e. The quantitative estimate of drug-likeness (QED) is 0.632. The molecule has 1 fully saturated rings. The lowest BCUT2D eigenvalue weighted by Gasteiger charge is -2.32. The van der Waals surface area contributed by atoms with Crippen LogP contribution in [0.1, 0.15) is 18.4 Å². The Morgan fingerprint density at radius 1 is 1.13 bits per heavy atom. The Kier molecular flexibility index (Phi) is 6.11. The van der Waals surface area contributed by atoms with Crippen molar-refractivity contribution in [3.8, 4) is 10.6 Å². The number of piperidine rings is 1. The Morgan fingerprint density at radius 2 is 1.81 bits per heavy atom. The molecular weight excluding hydrogens is 432 g/mol. The molecule has 0 unspecified atom stereocenters. The van der Waals surface area contributed by atoms with E-state index < -0.39 is 10.2 Å². The van der Waals surface area contributed by atoms with Gasteiger partial charge in [0, 0.05) is 44.4 Å². The Balaban J connectivity index is 1.38. The maximum absolute atomic E-state index is 12.7. The molecule has 1 aliphatic rings. The summed E-state index contributed by atoms with van der Waals surface area (Å²) >= 11 is 1.66. The third kappa shape index (κ3) is 4.64. The second-order valence-electron chi connectivity index (χ2n) is 8.02. The number of benzene rings is 2. The number of thiazole rings is 1. The number of carbonyl (C=O) groups is 1. The molecule has 7 nitrogen and oxygen atoms in total. The number of anilines is 1. The summed E-state index contributed by atoms with van der Waals surface area (Å²) in [6, 6.07) is 13.9. The Morgan fingerprint density at radius 3 is 2.45 bits per heavy atom. The molecule has 31 heavy (non-hydrogen) atoms. The number of nitrogens with one attached hydrogen (secondary N) is 1. The van der Waals surface area contributed by atoms with E-state index in [-0.39, 0.29) is 11.8 Å². The minimum atomic E-state index is -3.42. The lowest BCUT2D eigenvalue weighted by Crippen LogP contribution is -2.46. The van der Waals surface area contributed by atoms with E-state index in [0.717, 1.165) is 26.5 Å². The van der Waals surface area contributed by atoms with Gasteiger partial charge in [0.15, 0.2) is 0 Å². The molecule has 0 spiro atoms. The van der Waals surface area contributed by atoms with Crippen LogP contribution in [0.15, 0.2) is 42.5 Å². The lowest BCUT2D eigenvalue weighted by atomic mass is 9.97. The van der Waals surface area contributed by atoms with Gasteiger partial charge in [-0.1, -0.05) is 6.07 Å². The Bertz CT molecular complexity index is 1200. The minimum absolute atomic E-state index is 0.0647. The molecule has 1 amide bonds. The van der Waals surface area contributed by atoms with E-state index >= 15 is 0 Å². The van der Waals surface area contributed by atoms with Crippen LogP contribution in [-0.4, -0.2) is 55.1 Å². The van der Waals surface area contributed by atoms with Gasteiger partial charge >= 0.3 is 0 Å². The molecule has 4 rings (SSSR count). The summed E-state index contributed by atoms with van der Waals surface area (Å²) in [7, 11) is -0.379. The monoisotopic (exact) mass is 458 g/mol. The van der Waals surface area contributed by atoms with Crippen LogP contribution in [0.2, 0.25) is 0 Å². The number of rotatable bonds is 5. The highest BCUT2D eigenvalue weighted by Gasteiger charge is 2.32. The third-order valence-corrected chi connectivity index (χ3v) is 8.56. The van der Waals surface area contributed by atoms with E-state index in [2.05, 4.69) is 24.4 Å². The maximum atomic E-state index is 12.7. The molecule has 1 N–H and O–H groups in total. The normalized spacial score (nSPS) is 16.1. The van der Waals surface area contributed by atoms with Gasteiger partial charge < -0.3 is 5.32 Å². The van der Waals surface area contributed by atoms with Crippen LogP contribution in [0, 0.1) is 12.8 Å². The number of hydrogen-bond acceptors (Lipinski definition) is 5. The predicted octanol–water partition coefficient (Wildman–Crippen LogP) is 3.73.